The molecular formula is C28H34FN5O4S. The highest BCUT2D eigenvalue weighted by Gasteiger charge is 2.52. The van der Waals surface area contributed by atoms with Crippen LogP contribution in [0.5, 0.6) is 0 Å². The largest absolute Gasteiger partial charge is 0.377 e. The zero-order chi connectivity index (χ0) is 27.5. The summed E-state index contributed by atoms with van der Waals surface area (Å²) >= 11 is 0. The molecule has 0 bridgehead atoms. The van der Waals surface area contributed by atoms with Crippen LogP contribution in [0.3, 0.4) is 0 Å². The summed E-state index contributed by atoms with van der Waals surface area (Å²) in [7, 11) is -3.22. The number of halogens is 1. The third kappa shape index (κ3) is 5.44. The highest BCUT2D eigenvalue weighted by molar-refractivity contribution is 8.25. The Balaban J connectivity index is 1.54. The zero-order valence-corrected chi connectivity index (χ0v) is 22.7. The fraction of sp³-hybridized carbons (Fsp3) is 0.393. The Morgan fingerprint density at radius 3 is 2.54 bits per heavy atom. The van der Waals surface area contributed by atoms with Crippen molar-refractivity contribution in [3.63, 3.8) is 0 Å². The fourth-order valence-electron chi connectivity index (χ4n) is 5.07. The van der Waals surface area contributed by atoms with Gasteiger partial charge >= 0.3 is 6.03 Å². The molecule has 0 spiro atoms. The van der Waals surface area contributed by atoms with Gasteiger partial charge in [0.2, 0.25) is 0 Å². The smallest absolute Gasteiger partial charge is 0.319 e. The lowest BCUT2D eigenvalue weighted by Crippen LogP contribution is -2.45. The highest BCUT2D eigenvalue weighted by atomic mass is 32.3. The quantitative estimate of drug-likeness (QED) is 0.284. The lowest BCUT2D eigenvalue weighted by atomic mass is 9.81. The number of benzene rings is 2. The number of hydrogen-bond acceptors (Lipinski definition) is 7. The van der Waals surface area contributed by atoms with E-state index in [-0.39, 0.29) is 12.6 Å². The van der Waals surface area contributed by atoms with Gasteiger partial charge in [0, 0.05) is 30.4 Å². The first-order valence-corrected chi connectivity index (χ1v) is 14.7. The van der Waals surface area contributed by atoms with E-state index in [1.54, 1.807) is 36.4 Å². The second kappa shape index (κ2) is 11.5. The van der Waals surface area contributed by atoms with Crippen LogP contribution in [0.4, 0.5) is 20.7 Å². The van der Waals surface area contributed by atoms with Crippen LogP contribution in [-0.4, -0.2) is 64.1 Å². The summed E-state index contributed by atoms with van der Waals surface area (Å²) in [5, 5.41) is 5.10. The van der Waals surface area contributed by atoms with Gasteiger partial charge in [0.1, 0.15) is 17.2 Å². The number of anilines is 2. The van der Waals surface area contributed by atoms with Gasteiger partial charge < -0.3 is 20.3 Å². The van der Waals surface area contributed by atoms with Crippen molar-refractivity contribution in [2.75, 3.05) is 43.2 Å². The maximum absolute atomic E-state index is 12.3. The first-order valence-electron chi connectivity index (χ1n) is 13.1. The van der Waals surface area contributed by atoms with Gasteiger partial charge in [0.25, 0.3) is 0 Å². The number of alkyl halides is 1. The number of ether oxygens (including phenoxy) is 1. The van der Waals surface area contributed by atoms with Gasteiger partial charge in [0.05, 0.1) is 29.8 Å². The van der Waals surface area contributed by atoms with Crippen LogP contribution in [0.25, 0.3) is 11.4 Å². The molecule has 4 N–H and O–H groups in total. The van der Waals surface area contributed by atoms with Gasteiger partial charge in [-0.05, 0) is 62.6 Å². The summed E-state index contributed by atoms with van der Waals surface area (Å²) in [6.45, 7) is 3.19. The van der Waals surface area contributed by atoms with Crippen molar-refractivity contribution in [2.45, 2.75) is 41.9 Å². The van der Waals surface area contributed by atoms with E-state index in [0.717, 1.165) is 12.0 Å². The Morgan fingerprint density at radius 2 is 1.90 bits per heavy atom. The average Bonchev–Trinajstić information content (AvgIpc) is 2.92. The van der Waals surface area contributed by atoms with Crippen LogP contribution in [0.15, 0.2) is 65.6 Å². The number of aromatic nitrogens is 2. The molecule has 2 aliphatic rings. The summed E-state index contributed by atoms with van der Waals surface area (Å²) in [5.41, 5.74) is 1.88. The molecule has 2 heterocycles. The van der Waals surface area contributed by atoms with Crippen LogP contribution < -0.4 is 15.5 Å². The van der Waals surface area contributed by atoms with Crippen molar-refractivity contribution in [1.29, 1.82) is 0 Å². The normalized spacial score (nSPS) is 19.2. The predicted octanol–water partition coefficient (Wildman–Crippen LogP) is 5.65. The maximum atomic E-state index is 12.3. The minimum Gasteiger partial charge on any atom is -0.377 e. The third-order valence-electron chi connectivity index (χ3n) is 7.40. The first-order chi connectivity index (χ1) is 18.8. The van der Waals surface area contributed by atoms with Gasteiger partial charge in [-0.25, -0.2) is 19.2 Å². The molecule has 208 valence electrons. The minimum atomic E-state index is -3.22. The van der Waals surface area contributed by atoms with Crippen molar-refractivity contribution in [2.24, 2.45) is 0 Å². The molecular weight excluding hydrogens is 521 g/mol. The van der Waals surface area contributed by atoms with Crippen LogP contribution >= 0.6 is 10.6 Å². The van der Waals surface area contributed by atoms with Crippen molar-refractivity contribution >= 4 is 28.1 Å². The maximum Gasteiger partial charge on any atom is 0.319 e. The van der Waals surface area contributed by atoms with Gasteiger partial charge in [-0.1, -0.05) is 18.2 Å². The monoisotopic (exact) mass is 555 g/mol. The second-order valence-corrected chi connectivity index (χ2v) is 12.3. The van der Waals surface area contributed by atoms with E-state index >= 15 is 0 Å². The molecule has 1 aliphatic heterocycles. The van der Waals surface area contributed by atoms with Crippen LogP contribution in [0.2, 0.25) is 0 Å². The van der Waals surface area contributed by atoms with E-state index in [1.807, 2.05) is 24.3 Å². The van der Waals surface area contributed by atoms with Crippen molar-refractivity contribution in [3.05, 3.63) is 66.4 Å². The minimum absolute atomic E-state index is 0.0583. The van der Waals surface area contributed by atoms with E-state index in [9.17, 15) is 18.3 Å². The molecule has 2 aromatic carbocycles. The number of morpholine rings is 1. The number of carbonyl (C=O) groups is 1. The number of rotatable bonds is 8. The number of nitrogens with zero attached hydrogens (tertiary/aromatic N) is 3. The van der Waals surface area contributed by atoms with Crippen LogP contribution in [-0.2, 0) is 9.48 Å². The summed E-state index contributed by atoms with van der Waals surface area (Å²) in [5.74, 6) is 1.18. The molecule has 9 nitrogen and oxygen atoms in total. The number of amides is 2. The molecule has 1 aliphatic carbocycles. The van der Waals surface area contributed by atoms with E-state index in [1.165, 1.54) is 0 Å². The van der Waals surface area contributed by atoms with E-state index in [2.05, 4.69) is 22.5 Å². The number of hydrogen-bond donors (Lipinski definition) is 4. The molecule has 1 saturated carbocycles. The van der Waals surface area contributed by atoms with Gasteiger partial charge in [-0.2, -0.15) is 10.6 Å². The molecule has 1 aromatic heterocycles. The molecule has 1 atom stereocenters. The molecule has 2 fully saturated rings. The molecule has 2 amide bonds. The SMILES string of the molecule is C[C@H]1COCCN1c1cc(C2(S(O)(O)c3ccccc3)CCC2)nc(-c2ccc(NC(=O)NCCF)cc2)n1. The molecule has 3 aromatic rings. The number of urea groups is 1. The van der Waals surface area contributed by atoms with Crippen LogP contribution in [0.1, 0.15) is 31.9 Å². The standard InChI is InChI=1S/C28H34FN5O4S/c1-20-19-38-17-16-34(20)25-18-24(28(12-5-13-28)39(36,37)23-6-3-2-4-7-23)32-26(33-25)21-8-10-22(11-9-21)31-27(35)30-15-14-29/h2-4,6-11,18,20,36-37H,5,12-17,19H2,1H3,(H2,30,31,35)/t20-/m0/s1. The Hall–Kier alpha value is -3.25. The molecule has 0 unspecified atom stereocenters. The fourth-order valence-corrected chi connectivity index (χ4v) is 7.31. The topological polar surface area (TPSA) is 120 Å². The Bertz CT molecular complexity index is 1290. The average molecular weight is 556 g/mol. The van der Waals surface area contributed by atoms with E-state index < -0.39 is 28.0 Å². The van der Waals surface area contributed by atoms with E-state index in [0.29, 0.717) is 60.5 Å². The lowest BCUT2D eigenvalue weighted by Gasteiger charge is -2.55. The lowest BCUT2D eigenvalue weighted by molar-refractivity contribution is 0.0985. The van der Waals surface area contributed by atoms with Crippen molar-refractivity contribution in [3.8, 4) is 11.4 Å². The number of carbonyl (C=O) groups excluding carboxylic acids is 1. The summed E-state index contributed by atoms with van der Waals surface area (Å²) < 4.78 is 40.4. The van der Waals surface area contributed by atoms with Crippen molar-refractivity contribution < 1.29 is 23.0 Å². The van der Waals surface area contributed by atoms with Crippen LogP contribution in [0, 0.1) is 0 Å². The summed E-state index contributed by atoms with van der Waals surface area (Å²) in [6.07, 6.45) is 2.08. The molecule has 5 rings (SSSR count). The molecule has 11 heteroatoms. The Morgan fingerprint density at radius 1 is 1.15 bits per heavy atom. The molecule has 39 heavy (non-hydrogen) atoms. The van der Waals surface area contributed by atoms with Gasteiger partial charge in [0.15, 0.2) is 5.82 Å². The number of nitrogens with one attached hydrogen (secondary N) is 2. The summed E-state index contributed by atoms with van der Waals surface area (Å²) in [4.78, 5) is 24.4. The summed E-state index contributed by atoms with van der Waals surface area (Å²) in [6, 6.07) is 17.6. The molecule has 0 radical (unpaired) electrons. The third-order valence-corrected chi connectivity index (χ3v) is 10.0. The second-order valence-electron chi connectivity index (χ2n) is 9.91. The zero-order valence-electron chi connectivity index (χ0n) is 21.8. The Labute approximate surface area is 229 Å². The predicted molar refractivity (Wildman–Crippen MR) is 151 cm³/mol. The van der Waals surface area contributed by atoms with E-state index in [4.69, 9.17) is 14.7 Å². The van der Waals surface area contributed by atoms with Gasteiger partial charge in [-0.15, -0.1) is 0 Å². The first kappa shape index (κ1) is 27.3. The van der Waals surface area contributed by atoms with Crippen molar-refractivity contribution in [1.82, 2.24) is 15.3 Å². The highest BCUT2D eigenvalue weighted by Crippen LogP contribution is 2.71. The van der Waals surface area contributed by atoms with Gasteiger partial charge in [-0.3, -0.25) is 9.11 Å². The molecule has 1 saturated heterocycles. The Kier molecular flexibility index (Phi) is 8.03.